The van der Waals surface area contributed by atoms with Crippen LogP contribution in [0.1, 0.15) is 37.5 Å². The fraction of sp³-hybridized carbons (Fsp3) is 0.269. The van der Waals surface area contributed by atoms with E-state index < -0.39 is 0 Å². The van der Waals surface area contributed by atoms with Gasteiger partial charge in [-0.25, -0.2) is 0 Å². The van der Waals surface area contributed by atoms with E-state index in [1.165, 1.54) is 5.56 Å². The van der Waals surface area contributed by atoms with Crippen molar-refractivity contribution in [3.8, 4) is 5.75 Å². The number of benzene rings is 3. The number of amides is 1. The molecule has 0 fully saturated rings. The maximum atomic E-state index is 13.0. The summed E-state index contributed by atoms with van der Waals surface area (Å²) in [4.78, 5) is 14.8. The van der Waals surface area contributed by atoms with Crippen molar-refractivity contribution in [1.29, 1.82) is 0 Å². The molecule has 1 amide bonds. The second-order valence-corrected chi connectivity index (χ2v) is 8.28. The molecule has 0 aromatic heterocycles. The van der Waals surface area contributed by atoms with Gasteiger partial charge >= 0.3 is 0 Å². The SMILES string of the molecule is CC(C)(C)c1ccc(OCC(=O)N(Cc2ccccc2)Cc2ccccc2)cc1. The highest BCUT2D eigenvalue weighted by Gasteiger charge is 2.16. The van der Waals surface area contributed by atoms with E-state index in [4.69, 9.17) is 4.74 Å². The molecule has 0 radical (unpaired) electrons. The van der Waals surface area contributed by atoms with Crippen LogP contribution in [0, 0.1) is 0 Å². The highest BCUT2D eigenvalue weighted by molar-refractivity contribution is 5.77. The van der Waals surface area contributed by atoms with E-state index in [1.54, 1.807) is 0 Å². The summed E-state index contributed by atoms with van der Waals surface area (Å²) in [5.41, 5.74) is 3.54. The molecular formula is C26H29NO2. The molecule has 0 aliphatic carbocycles. The molecule has 29 heavy (non-hydrogen) atoms. The highest BCUT2D eigenvalue weighted by atomic mass is 16.5. The zero-order valence-corrected chi connectivity index (χ0v) is 17.5. The molecule has 0 aliphatic heterocycles. The lowest BCUT2D eigenvalue weighted by molar-refractivity contribution is -0.134. The van der Waals surface area contributed by atoms with Crippen molar-refractivity contribution in [1.82, 2.24) is 4.90 Å². The highest BCUT2D eigenvalue weighted by Crippen LogP contribution is 2.24. The van der Waals surface area contributed by atoms with Crippen LogP contribution in [0.2, 0.25) is 0 Å². The number of carbonyl (C=O) groups excluding carboxylic acids is 1. The van der Waals surface area contributed by atoms with Crippen molar-refractivity contribution in [2.45, 2.75) is 39.3 Å². The van der Waals surface area contributed by atoms with Crippen molar-refractivity contribution >= 4 is 5.91 Å². The lowest BCUT2D eigenvalue weighted by Crippen LogP contribution is -2.34. The van der Waals surface area contributed by atoms with Crippen LogP contribution in [0.15, 0.2) is 84.9 Å². The maximum Gasteiger partial charge on any atom is 0.261 e. The van der Waals surface area contributed by atoms with E-state index in [9.17, 15) is 4.79 Å². The van der Waals surface area contributed by atoms with Crippen LogP contribution in [0.25, 0.3) is 0 Å². The largest absolute Gasteiger partial charge is 0.484 e. The third-order valence-electron chi connectivity index (χ3n) is 4.87. The Kier molecular flexibility index (Phi) is 6.71. The maximum absolute atomic E-state index is 13.0. The Labute approximate surface area is 174 Å². The third kappa shape index (κ3) is 6.21. The Bertz CT molecular complexity index is 855. The summed E-state index contributed by atoms with van der Waals surface area (Å²) in [6.45, 7) is 7.67. The van der Waals surface area contributed by atoms with E-state index in [-0.39, 0.29) is 17.9 Å². The van der Waals surface area contributed by atoms with Crippen molar-refractivity contribution in [3.05, 3.63) is 102 Å². The van der Waals surface area contributed by atoms with Gasteiger partial charge in [0.15, 0.2) is 6.61 Å². The minimum absolute atomic E-state index is 0.0224. The Balaban J connectivity index is 1.67. The molecule has 0 bridgehead atoms. The second-order valence-electron chi connectivity index (χ2n) is 8.28. The number of hydrogen-bond acceptors (Lipinski definition) is 2. The summed E-state index contributed by atoms with van der Waals surface area (Å²) in [5.74, 6) is 0.684. The zero-order valence-electron chi connectivity index (χ0n) is 17.5. The minimum Gasteiger partial charge on any atom is -0.484 e. The van der Waals surface area contributed by atoms with Crippen LogP contribution in [-0.2, 0) is 23.3 Å². The lowest BCUT2D eigenvalue weighted by Gasteiger charge is -2.23. The molecule has 0 unspecified atom stereocenters. The summed E-state index contributed by atoms with van der Waals surface area (Å²) in [7, 11) is 0. The molecule has 3 rings (SSSR count). The predicted molar refractivity (Wildman–Crippen MR) is 118 cm³/mol. The Morgan fingerprint density at radius 1 is 0.759 bits per heavy atom. The normalized spacial score (nSPS) is 11.1. The fourth-order valence-electron chi connectivity index (χ4n) is 3.13. The average molecular weight is 388 g/mol. The molecule has 3 heteroatoms. The van der Waals surface area contributed by atoms with Gasteiger partial charge in [-0.15, -0.1) is 0 Å². The molecule has 0 atom stereocenters. The van der Waals surface area contributed by atoms with Gasteiger partial charge in [0.25, 0.3) is 5.91 Å². The van der Waals surface area contributed by atoms with Crippen LogP contribution in [0.3, 0.4) is 0 Å². The van der Waals surface area contributed by atoms with Gasteiger partial charge in [0.2, 0.25) is 0 Å². The molecule has 0 spiro atoms. The van der Waals surface area contributed by atoms with E-state index in [0.717, 1.165) is 11.1 Å². The fourth-order valence-corrected chi connectivity index (χ4v) is 3.13. The number of nitrogens with zero attached hydrogens (tertiary/aromatic N) is 1. The Morgan fingerprint density at radius 2 is 1.24 bits per heavy atom. The molecular weight excluding hydrogens is 358 g/mol. The Morgan fingerprint density at radius 3 is 1.69 bits per heavy atom. The quantitative estimate of drug-likeness (QED) is 0.529. The topological polar surface area (TPSA) is 29.5 Å². The van der Waals surface area contributed by atoms with Gasteiger partial charge in [-0.1, -0.05) is 93.6 Å². The van der Waals surface area contributed by atoms with Gasteiger partial charge in [-0.2, -0.15) is 0 Å². The van der Waals surface area contributed by atoms with Crippen LogP contribution in [0.4, 0.5) is 0 Å². The molecule has 0 heterocycles. The first-order chi connectivity index (χ1) is 13.9. The smallest absolute Gasteiger partial charge is 0.261 e. The second kappa shape index (κ2) is 9.42. The number of hydrogen-bond donors (Lipinski definition) is 0. The summed E-state index contributed by atoms with van der Waals surface area (Å²) in [6, 6.07) is 28.1. The van der Waals surface area contributed by atoms with Crippen LogP contribution < -0.4 is 4.74 Å². The van der Waals surface area contributed by atoms with E-state index >= 15 is 0 Å². The van der Waals surface area contributed by atoms with Gasteiger partial charge in [0, 0.05) is 13.1 Å². The number of ether oxygens (including phenoxy) is 1. The molecule has 3 aromatic rings. The van der Waals surface area contributed by atoms with E-state index in [1.807, 2.05) is 77.7 Å². The van der Waals surface area contributed by atoms with Crippen molar-refractivity contribution in [2.24, 2.45) is 0 Å². The summed E-state index contributed by atoms with van der Waals surface area (Å²) < 4.78 is 5.80. The Hall–Kier alpha value is -3.07. The van der Waals surface area contributed by atoms with Gasteiger partial charge in [0.05, 0.1) is 0 Å². The standard InChI is InChI=1S/C26H29NO2/c1-26(2,3)23-14-16-24(17-15-23)29-20-25(28)27(18-21-10-6-4-7-11-21)19-22-12-8-5-9-13-22/h4-17H,18-20H2,1-3H3. The number of rotatable bonds is 7. The van der Waals surface area contributed by atoms with Gasteiger partial charge < -0.3 is 9.64 Å². The molecule has 3 aromatic carbocycles. The average Bonchev–Trinajstić information content (AvgIpc) is 2.73. The van der Waals surface area contributed by atoms with E-state index in [2.05, 4.69) is 32.9 Å². The summed E-state index contributed by atoms with van der Waals surface area (Å²) >= 11 is 0. The third-order valence-corrected chi connectivity index (χ3v) is 4.87. The van der Waals surface area contributed by atoms with Crippen molar-refractivity contribution < 1.29 is 9.53 Å². The zero-order chi connectivity index (χ0) is 20.7. The predicted octanol–water partition coefficient (Wildman–Crippen LogP) is 5.59. The summed E-state index contributed by atoms with van der Waals surface area (Å²) in [5, 5.41) is 0. The first-order valence-corrected chi connectivity index (χ1v) is 10.0. The van der Waals surface area contributed by atoms with Crippen LogP contribution >= 0.6 is 0 Å². The molecule has 0 N–H and O–H groups in total. The molecule has 0 saturated carbocycles. The molecule has 0 saturated heterocycles. The molecule has 0 aliphatic rings. The first-order valence-electron chi connectivity index (χ1n) is 10.0. The summed E-state index contributed by atoms with van der Waals surface area (Å²) in [6.07, 6.45) is 0. The van der Waals surface area contributed by atoms with Crippen molar-refractivity contribution in [2.75, 3.05) is 6.61 Å². The molecule has 3 nitrogen and oxygen atoms in total. The van der Waals surface area contributed by atoms with E-state index in [0.29, 0.717) is 18.8 Å². The van der Waals surface area contributed by atoms with Gasteiger partial charge in [-0.05, 0) is 34.2 Å². The lowest BCUT2D eigenvalue weighted by atomic mass is 9.87. The van der Waals surface area contributed by atoms with Gasteiger partial charge in [0.1, 0.15) is 5.75 Å². The monoisotopic (exact) mass is 387 g/mol. The van der Waals surface area contributed by atoms with Crippen LogP contribution in [0.5, 0.6) is 5.75 Å². The van der Waals surface area contributed by atoms with Crippen LogP contribution in [-0.4, -0.2) is 17.4 Å². The minimum atomic E-state index is -0.0300. The first kappa shape index (κ1) is 20.7. The number of carbonyl (C=O) groups is 1. The van der Waals surface area contributed by atoms with Gasteiger partial charge in [-0.3, -0.25) is 4.79 Å². The molecule has 150 valence electrons. The van der Waals surface area contributed by atoms with Crippen molar-refractivity contribution in [3.63, 3.8) is 0 Å².